The van der Waals surface area contributed by atoms with Gasteiger partial charge in [0.25, 0.3) is 0 Å². The molecule has 0 spiro atoms. The second-order valence-corrected chi connectivity index (χ2v) is 4.80. The zero-order valence-electron chi connectivity index (χ0n) is 11.6. The molecule has 2 heterocycles. The maximum atomic E-state index is 13.8. The number of nitrogen functional groups attached to an aromatic ring is 1. The Bertz CT molecular complexity index is 886. The Hall–Kier alpha value is -2.90. The molecule has 8 heteroatoms. The number of rotatable bonds is 3. The van der Waals surface area contributed by atoms with Crippen molar-refractivity contribution in [1.29, 1.82) is 5.41 Å². The highest BCUT2D eigenvalue weighted by atomic mass is 19.2. The van der Waals surface area contributed by atoms with Crippen LogP contribution < -0.4 is 5.73 Å². The summed E-state index contributed by atoms with van der Waals surface area (Å²) in [5.41, 5.74) is 6.37. The van der Waals surface area contributed by atoms with Crippen molar-refractivity contribution < 1.29 is 8.78 Å². The molecular weight excluding hydrogens is 290 g/mol. The van der Waals surface area contributed by atoms with Crippen molar-refractivity contribution in [3.63, 3.8) is 0 Å². The first kappa shape index (κ1) is 14.1. The van der Waals surface area contributed by atoms with Gasteiger partial charge in [-0.3, -0.25) is 10.1 Å². The number of aromatic nitrogens is 4. The lowest BCUT2D eigenvalue weighted by molar-refractivity contribution is 0.500. The summed E-state index contributed by atoms with van der Waals surface area (Å²) >= 11 is 0. The maximum Gasteiger partial charge on any atom is 0.162 e. The first-order valence-corrected chi connectivity index (χ1v) is 6.43. The SMILES string of the molecule is Cn1ncc2c(C(=N)N)nc(Cc3cccc(F)c3F)nc21. The fraction of sp³-hybridized carbons (Fsp3) is 0.143. The molecule has 0 aliphatic heterocycles. The molecule has 0 bridgehead atoms. The summed E-state index contributed by atoms with van der Waals surface area (Å²) in [5.74, 6) is -1.85. The van der Waals surface area contributed by atoms with Crippen LogP contribution in [-0.2, 0) is 13.5 Å². The van der Waals surface area contributed by atoms with Crippen molar-refractivity contribution in [3.8, 4) is 0 Å². The Kier molecular flexibility index (Phi) is 3.28. The van der Waals surface area contributed by atoms with Gasteiger partial charge < -0.3 is 5.73 Å². The van der Waals surface area contributed by atoms with Gasteiger partial charge in [-0.05, 0) is 11.6 Å². The van der Waals surface area contributed by atoms with E-state index < -0.39 is 11.6 Å². The summed E-state index contributed by atoms with van der Waals surface area (Å²) in [6, 6.07) is 3.93. The van der Waals surface area contributed by atoms with E-state index in [1.165, 1.54) is 23.0 Å². The number of hydrogen-bond donors (Lipinski definition) is 2. The highest BCUT2D eigenvalue weighted by molar-refractivity contribution is 6.04. The predicted octanol–water partition coefficient (Wildman–Crippen LogP) is 1.52. The van der Waals surface area contributed by atoms with Gasteiger partial charge >= 0.3 is 0 Å². The maximum absolute atomic E-state index is 13.8. The normalized spacial score (nSPS) is 11.0. The van der Waals surface area contributed by atoms with E-state index in [0.29, 0.717) is 11.0 Å². The zero-order chi connectivity index (χ0) is 15.9. The van der Waals surface area contributed by atoms with Crippen LogP contribution in [0.2, 0.25) is 0 Å². The second-order valence-electron chi connectivity index (χ2n) is 4.80. The Morgan fingerprint density at radius 2 is 2.09 bits per heavy atom. The van der Waals surface area contributed by atoms with Crippen LogP contribution >= 0.6 is 0 Å². The van der Waals surface area contributed by atoms with E-state index in [-0.39, 0.29) is 29.3 Å². The highest BCUT2D eigenvalue weighted by Gasteiger charge is 2.15. The quantitative estimate of drug-likeness (QED) is 0.566. The summed E-state index contributed by atoms with van der Waals surface area (Å²) in [4.78, 5) is 8.47. The van der Waals surface area contributed by atoms with Crippen LogP contribution in [0.15, 0.2) is 24.4 Å². The van der Waals surface area contributed by atoms with Crippen LogP contribution in [0.5, 0.6) is 0 Å². The first-order chi connectivity index (χ1) is 10.5. The topological polar surface area (TPSA) is 93.5 Å². The molecule has 112 valence electrons. The molecule has 0 atom stereocenters. The Morgan fingerprint density at radius 1 is 1.32 bits per heavy atom. The molecule has 6 nitrogen and oxygen atoms in total. The van der Waals surface area contributed by atoms with Crippen molar-refractivity contribution >= 4 is 16.9 Å². The molecule has 3 rings (SSSR count). The molecule has 0 saturated carbocycles. The summed E-state index contributed by atoms with van der Waals surface area (Å²) in [6.45, 7) is 0. The molecule has 0 fully saturated rings. The third-order valence-electron chi connectivity index (χ3n) is 3.27. The number of nitrogens with zero attached hydrogens (tertiary/aromatic N) is 4. The van der Waals surface area contributed by atoms with E-state index in [0.717, 1.165) is 6.07 Å². The summed E-state index contributed by atoms with van der Waals surface area (Å²) in [7, 11) is 1.69. The number of halogens is 2. The summed E-state index contributed by atoms with van der Waals surface area (Å²) in [6.07, 6.45) is 1.50. The smallest absolute Gasteiger partial charge is 0.162 e. The Labute approximate surface area is 124 Å². The van der Waals surface area contributed by atoms with Gasteiger partial charge in [-0.1, -0.05) is 12.1 Å². The summed E-state index contributed by atoms with van der Waals surface area (Å²) in [5, 5.41) is 12.2. The Morgan fingerprint density at radius 3 is 2.82 bits per heavy atom. The van der Waals surface area contributed by atoms with E-state index in [2.05, 4.69) is 15.1 Å². The molecule has 0 amide bonds. The third-order valence-corrected chi connectivity index (χ3v) is 3.27. The predicted molar refractivity (Wildman–Crippen MR) is 76.5 cm³/mol. The number of nitrogens with two attached hydrogens (primary N) is 1. The highest BCUT2D eigenvalue weighted by Crippen LogP contribution is 2.18. The fourth-order valence-electron chi connectivity index (χ4n) is 2.21. The molecule has 22 heavy (non-hydrogen) atoms. The number of fused-ring (bicyclic) bond motifs is 1. The molecule has 0 aliphatic carbocycles. The Balaban J connectivity index is 2.13. The minimum Gasteiger partial charge on any atom is -0.382 e. The lowest BCUT2D eigenvalue weighted by atomic mass is 10.1. The lowest BCUT2D eigenvalue weighted by Gasteiger charge is -2.06. The van der Waals surface area contributed by atoms with E-state index in [1.54, 1.807) is 7.05 Å². The van der Waals surface area contributed by atoms with Crippen molar-refractivity contribution in [3.05, 3.63) is 53.1 Å². The van der Waals surface area contributed by atoms with Gasteiger partial charge in [-0.2, -0.15) is 5.10 Å². The minimum absolute atomic E-state index is 0.00894. The number of nitrogens with one attached hydrogen (secondary N) is 1. The van der Waals surface area contributed by atoms with Gasteiger partial charge in [0.2, 0.25) is 0 Å². The number of hydrogen-bond acceptors (Lipinski definition) is 4. The molecule has 2 aromatic heterocycles. The zero-order valence-corrected chi connectivity index (χ0v) is 11.6. The van der Waals surface area contributed by atoms with Crippen molar-refractivity contribution in [2.24, 2.45) is 12.8 Å². The summed E-state index contributed by atoms with van der Waals surface area (Å²) < 4.78 is 28.5. The van der Waals surface area contributed by atoms with Crippen molar-refractivity contribution in [1.82, 2.24) is 19.7 Å². The first-order valence-electron chi connectivity index (χ1n) is 6.43. The van der Waals surface area contributed by atoms with E-state index in [4.69, 9.17) is 11.1 Å². The molecule has 0 saturated heterocycles. The fourth-order valence-corrected chi connectivity index (χ4v) is 2.21. The van der Waals surface area contributed by atoms with Crippen LogP contribution in [0.25, 0.3) is 11.0 Å². The third kappa shape index (κ3) is 2.28. The molecule has 0 unspecified atom stereocenters. The largest absolute Gasteiger partial charge is 0.382 e. The molecule has 3 aromatic rings. The average Bonchev–Trinajstić information content (AvgIpc) is 2.85. The van der Waals surface area contributed by atoms with Crippen LogP contribution in [-0.4, -0.2) is 25.6 Å². The van der Waals surface area contributed by atoms with Gasteiger partial charge in [0.15, 0.2) is 17.3 Å². The van der Waals surface area contributed by atoms with Crippen LogP contribution in [0.4, 0.5) is 8.78 Å². The van der Waals surface area contributed by atoms with Crippen LogP contribution in [0.1, 0.15) is 17.1 Å². The van der Waals surface area contributed by atoms with E-state index in [9.17, 15) is 8.78 Å². The van der Waals surface area contributed by atoms with Crippen molar-refractivity contribution in [2.45, 2.75) is 6.42 Å². The molecular formula is C14H12F2N6. The minimum atomic E-state index is -0.930. The molecule has 1 aromatic carbocycles. The molecule has 3 N–H and O–H groups in total. The monoisotopic (exact) mass is 302 g/mol. The number of aryl methyl sites for hydroxylation is 1. The average molecular weight is 302 g/mol. The second kappa shape index (κ2) is 5.14. The number of benzene rings is 1. The lowest BCUT2D eigenvalue weighted by Crippen LogP contribution is -2.16. The standard InChI is InChI=1S/C14H12F2N6/c1-22-14-8(6-19-22)12(13(17)18)20-10(21-14)5-7-3-2-4-9(15)11(7)16/h2-4,6H,5H2,1H3,(H3,17,18). The van der Waals surface area contributed by atoms with Crippen LogP contribution in [0.3, 0.4) is 0 Å². The van der Waals surface area contributed by atoms with E-state index >= 15 is 0 Å². The van der Waals surface area contributed by atoms with Gasteiger partial charge in [-0.15, -0.1) is 0 Å². The van der Waals surface area contributed by atoms with E-state index in [1.807, 2.05) is 0 Å². The van der Waals surface area contributed by atoms with Gasteiger partial charge in [0.1, 0.15) is 17.4 Å². The van der Waals surface area contributed by atoms with Crippen molar-refractivity contribution in [2.75, 3.05) is 0 Å². The molecule has 0 aliphatic rings. The van der Waals surface area contributed by atoms with Gasteiger partial charge in [-0.25, -0.2) is 18.7 Å². The number of amidine groups is 1. The molecule has 0 radical (unpaired) electrons. The van der Waals surface area contributed by atoms with Crippen LogP contribution in [0, 0.1) is 17.0 Å². The van der Waals surface area contributed by atoms with Gasteiger partial charge in [0.05, 0.1) is 11.6 Å². The van der Waals surface area contributed by atoms with Gasteiger partial charge in [0, 0.05) is 13.5 Å².